The lowest BCUT2D eigenvalue weighted by Gasteiger charge is -2.20. The summed E-state index contributed by atoms with van der Waals surface area (Å²) in [6.07, 6.45) is 5.84. The third kappa shape index (κ3) is 5.58. The second-order valence-corrected chi connectivity index (χ2v) is 6.36. The predicted molar refractivity (Wildman–Crippen MR) is 62.5 cm³/mol. The van der Waals surface area contributed by atoms with Gasteiger partial charge in [0.1, 0.15) is 0 Å². The van der Waals surface area contributed by atoms with Gasteiger partial charge in [-0.2, -0.15) is 11.8 Å². The molecule has 1 rings (SSSR count). The van der Waals surface area contributed by atoms with Crippen molar-refractivity contribution in [3.63, 3.8) is 0 Å². The van der Waals surface area contributed by atoms with Crippen molar-refractivity contribution in [3.05, 3.63) is 0 Å². The summed E-state index contributed by atoms with van der Waals surface area (Å²) in [5, 5.41) is 4.50. The maximum absolute atomic E-state index is 3.52. The maximum atomic E-state index is 3.52. The predicted octanol–water partition coefficient (Wildman–Crippen LogP) is 3.05. The molecule has 0 aliphatic heterocycles. The van der Waals surface area contributed by atoms with Gasteiger partial charge in [0.05, 0.1) is 0 Å². The zero-order valence-corrected chi connectivity index (χ0v) is 10.0. The highest BCUT2D eigenvalue weighted by Gasteiger charge is 2.15. The highest BCUT2D eigenvalue weighted by molar-refractivity contribution is 7.99. The lowest BCUT2D eigenvalue weighted by molar-refractivity contribution is 0.441. The summed E-state index contributed by atoms with van der Waals surface area (Å²) in [5.41, 5.74) is 0.288. The van der Waals surface area contributed by atoms with Gasteiger partial charge in [-0.25, -0.2) is 0 Å². The summed E-state index contributed by atoms with van der Waals surface area (Å²) in [5.74, 6) is 1.28. The van der Waals surface area contributed by atoms with Crippen LogP contribution in [0.2, 0.25) is 0 Å². The van der Waals surface area contributed by atoms with Crippen molar-refractivity contribution in [2.75, 3.05) is 12.3 Å². The number of rotatable bonds is 4. The van der Waals surface area contributed by atoms with Gasteiger partial charge in [0.15, 0.2) is 0 Å². The van der Waals surface area contributed by atoms with Gasteiger partial charge in [-0.05, 0) is 33.6 Å². The van der Waals surface area contributed by atoms with Crippen LogP contribution in [0.25, 0.3) is 0 Å². The molecule has 1 fully saturated rings. The molecule has 1 saturated carbocycles. The van der Waals surface area contributed by atoms with Gasteiger partial charge in [-0.1, -0.05) is 12.8 Å². The molecule has 78 valence electrons. The summed E-state index contributed by atoms with van der Waals surface area (Å²) in [6, 6.07) is 0. The Morgan fingerprint density at radius 1 is 1.23 bits per heavy atom. The van der Waals surface area contributed by atoms with E-state index in [0.717, 1.165) is 11.8 Å². The standard InChI is InChI=1S/C11H23NS/c1-11(2,3)12-8-9-13-10-6-4-5-7-10/h10,12H,4-9H2,1-3H3. The van der Waals surface area contributed by atoms with Crippen molar-refractivity contribution < 1.29 is 0 Å². The minimum Gasteiger partial charge on any atom is -0.311 e. The average Bonchev–Trinajstić information content (AvgIpc) is 2.48. The van der Waals surface area contributed by atoms with E-state index in [9.17, 15) is 0 Å². The number of nitrogens with one attached hydrogen (secondary N) is 1. The molecule has 0 amide bonds. The van der Waals surface area contributed by atoms with E-state index < -0.39 is 0 Å². The van der Waals surface area contributed by atoms with Crippen LogP contribution in [-0.2, 0) is 0 Å². The van der Waals surface area contributed by atoms with Gasteiger partial charge in [0, 0.05) is 23.1 Å². The molecule has 0 unspecified atom stereocenters. The first kappa shape index (κ1) is 11.4. The van der Waals surface area contributed by atoms with Gasteiger partial charge in [0.25, 0.3) is 0 Å². The van der Waals surface area contributed by atoms with E-state index in [1.165, 1.54) is 31.4 Å². The van der Waals surface area contributed by atoms with Crippen LogP contribution in [-0.4, -0.2) is 23.1 Å². The molecule has 1 nitrogen and oxygen atoms in total. The minimum atomic E-state index is 0.288. The van der Waals surface area contributed by atoms with Crippen molar-refractivity contribution in [2.24, 2.45) is 0 Å². The Hall–Kier alpha value is 0.310. The normalized spacial score (nSPS) is 19.6. The number of hydrogen-bond donors (Lipinski definition) is 1. The van der Waals surface area contributed by atoms with E-state index in [-0.39, 0.29) is 5.54 Å². The van der Waals surface area contributed by atoms with Gasteiger partial charge < -0.3 is 5.32 Å². The fraction of sp³-hybridized carbons (Fsp3) is 1.00. The summed E-state index contributed by atoms with van der Waals surface area (Å²) in [6.45, 7) is 7.85. The summed E-state index contributed by atoms with van der Waals surface area (Å²) in [4.78, 5) is 0. The zero-order valence-electron chi connectivity index (χ0n) is 9.23. The third-order valence-corrected chi connectivity index (χ3v) is 3.80. The van der Waals surface area contributed by atoms with Crippen molar-refractivity contribution in [1.82, 2.24) is 5.32 Å². The fourth-order valence-corrected chi connectivity index (χ4v) is 2.93. The van der Waals surface area contributed by atoms with Crippen LogP contribution >= 0.6 is 11.8 Å². The average molecular weight is 201 g/mol. The third-order valence-electron chi connectivity index (χ3n) is 2.41. The molecule has 0 spiro atoms. The molecule has 0 heterocycles. The van der Waals surface area contributed by atoms with Crippen molar-refractivity contribution >= 4 is 11.8 Å². The molecule has 1 N–H and O–H groups in total. The highest BCUT2D eigenvalue weighted by Crippen LogP contribution is 2.28. The lowest BCUT2D eigenvalue weighted by Crippen LogP contribution is -2.37. The van der Waals surface area contributed by atoms with Gasteiger partial charge >= 0.3 is 0 Å². The molecule has 0 saturated heterocycles. The van der Waals surface area contributed by atoms with E-state index in [1.54, 1.807) is 0 Å². The molecule has 0 atom stereocenters. The molecular formula is C11H23NS. The van der Waals surface area contributed by atoms with Gasteiger partial charge in [-0.15, -0.1) is 0 Å². The number of hydrogen-bond acceptors (Lipinski definition) is 2. The van der Waals surface area contributed by atoms with Crippen molar-refractivity contribution in [3.8, 4) is 0 Å². The molecule has 0 aromatic rings. The molecular weight excluding hydrogens is 178 g/mol. The molecule has 0 bridgehead atoms. The smallest absolute Gasteiger partial charge is 0.00968 e. The second kappa shape index (κ2) is 5.26. The maximum Gasteiger partial charge on any atom is 0.00968 e. The van der Waals surface area contributed by atoms with Crippen LogP contribution in [0.4, 0.5) is 0 Å². The quantitative estimate of drug-likeness (QED) is 0.702. The Bertz CT molecular complexity index is 134. The Balaban J connectivity index is 1.94. The molecule has 0 aromatic heterocycles. The monoisotopic (exact) mass is 201 g/mol. The topological polar surface area (TPSA) is 12.0 Å². The molecule has 0 aromatic carbocycles. The Labute approximate surface area is 87.1 Å². The molecule has 2 heteroatoms. The van der Waals surface area contributed by atoms with Crippen LogP contribution in [0.1, 0.15) is 46.5 Å². The van der Waals surface area contributed by atoms with E-state index in [2.05, 4.69) is 37.8 Å². The first-order valence-corrected chi connectivity index (χ1v) is 6.49. The first-order chi connectivity index (χ1) is 6.08. The largest absolute Gasteiger partial charge is 0.311 e. The van der Waals surface area contributed by atoms with Crippen LogP contribution in [0, 0.1) is 0 Å². The first-order valence-electron chi connectivity index (χ1n) is 5.44. The van der Waals surface area contributed by atoms with Gasteiger partial charge in [0.2, 0.25) is 0 Å². The van der Waals surface area contributed by atoms with E-state index in [4.69, 9.17) is 0 Å². The fourth-order valence-electron chi connectivity index (χ4n) is 1.71. The minimum absolute atomic E-state index is 0.288. The van der Waals surface area contributed by atoms with Crippen molar-refractivity contribution in [2.45, 2.75) is 57.2 Å². The van der Waals surface area contributed by atoms with Crippen LogP contribution in [0.15, 0.2) is 0 Å². The van der Waals surface area contributed by atoms with Crippen LogP contribution in [0.5, 0.6) is 0 Å². The lowest BCUT2D eigenvalue weighted by atomic mass is 10.1. The Morgan fingerprint density at radius 3 is 2.38 bits per heavy atom. The molecule has 13 heavy (non-hydrogen) atoms. The molecule has 0 radical (unpaired) electrons. The molecule has 1 aliphatic carbocycles. The second-order valence-electron chi connectivity index (χ2n) is 4.95. The van der Waals surface area contributed by atoms with Crippen LogP contribution in [0.3, 0.4) is 0 Å². The van der Waals surface area contributed by atoms with Crippen LogP contribution < -0.4 is 5.32 Å². The van der Waals surface area contributed by atoms with E-state index in [0.29, 0.717) is 0 Å². The van der Waals surface area contributed by atoms with E-state index in [1.807, 2.05) is 0 Å². The summed E-state index contributed by atoms with van der Waals surface area (Å²) in [7, 11) is 0. The van der Waals surface area contributed by atoms with Crippen molar-refractivity contribution in [1.29, 1.82) is 0 Å². The summed E-state index contributed by atoms with van der Waals surface area (Å²) < 4.78 is 0. The number of thioether (sulfide) groups is 1. The molecule has 1 aliphatic rings. The Kier molecular flexibility index (Phi) is 4.60. The van der Waals surface area contributed by atoms with E-state index >= 15 is 0 Å². The summed E-state index contributed by atoms with van der Waals surface area (Å²) >= 11 is 2.16. The zero-order chi connectivity index (χ0) is 9.73. The highest BCUT2D eigenvalue weighted by atomic mass is 32.2. The SMILES string of the molecule is CC(C)(C)NCCSC1CCCC1. The Morgan fingerprint density at radius 2 is 1.85 bits per heavy atom. The van der Waals surface area contributed by atoms with Gasteiger partial charge in [-0.3, -0.25) is 0 Å².